The van der Waals surface area contributed by atoms with E-state index in [0.29, 0.717) is 0 Å². The molecule has 24 heavy (non-hydrogen) atoms. The second kappa shape index (κ2) is 7.16. The van der Waals surface area contributed by atoms with Crippen molar-refractivity contribution in [2.24, 2.45) is 0 Å². The van der Waals surface area contributed by atoms with Gasteiger partial charge in [-0.1, -0.05) is 30.3 Å². The first-order valence-corrected chi connectivity index (χ1v) is 8.31. The van der Waals surface area contributed by atoms with Crippen molar-refractivity contribution in [1.29, 1.82) is 5.26 Å². The second-order valence-corrected chi connectivity index (χ2v) is 6.29. The summed E-state index contributed by atoms with van der Waals surface area (Å²) < 4.78 is 4.90. The highest BCUT2D eigenvalue weighted by Gasteiger charge is 2.52. The lowest BCUT2D eigenvalue weighted by Crippen LogP contribution is -2.66. The molecule has 1 heterocycles. The van der Waals surface area contributed by atoms with Crippen molar-refractivity contribution in [2.45, 2.75) is 37.3 Å². The highest BCUT2D eigenvalue weighted by Crippen LogP contribution is 2.44. The molecule has 1 amide bonds. The van der Waals surface area contributed by atoms with Crippen LogP contribution in [0.1, 0.15) is 36.3 Å². The van der Waals surface area contributed by atoms with Crippen LogP contribution in [0.25, 0.3) is 5.57 Å². The molecule has 2 aliphatic rings. The number of hydrogen-bond donors (Lipinski definition) is 1. The third-order valence-corrected chi connectivity index (χ3v) is 4.99. The first-order chi connectivity index (χ1) is 11.7. The predicted molar refractivity (Wildman–Crippen MR) is 90.0 cm³/mol. The van der Waals surface area contributed by atoms with Gasteiger partial charge in [-0.25, -0.2) is 0 Å². The zero-order valence-corrected chi connectivity index (χ0v) is 13.8. The standard InChI is InChI=1S/C19H22N2O3/c1-24-12-18(23)21-16(10-20)19(17(21)11-22)15-9-5-4-8-14(15)13-6-2-3-7-13/h4-6,8-9,16-17,19,22H,2-3,7,11-12H2,1H3/t16-,17-,19+/m1/s1. The van der Waals surface area contributed by atoms with Crippen LogP contribution in [0.15, 0.2) is 30.3 Å². The van der Waals surface area contributed by atoms with Gasteiger partial charge in [0.15, 0.2) is 0 Å². The molecule has 1 aliphatic heterocycles. The molecule has 3 rings (SSSR count). The number of carbonyl (C=O) groups excluding carboxylic acids is 1. The van der Waals surface area contributed by atoms with Crippen molar-refractivity contribution < 1.29 is 14.6 Å². The molecule has 1 saturated heterocycles. The van der Waals surface area contributed by atoms with Crippen LogP contribution in [0.4, 0.5) is 0 Å². The van der Waals surface area contributed by atoms with Crippen LogP contribution in [-0.4, -0.2) is 48.3 Å². The first kappa shape index (κ1) is 16.7. The van der Waals surface area contributed by atoms with Gasteiger partial charge in [0, 0.05) is 13.0 Å². The number of carbonyl (C=O) groups is 1. The maximum absolute atomic E-state index is 12.2. The monoisotopic (exact) mass is 326 g/mol. The number of likely N-dealkylation sites (tertiary alicyclic amines) is 1. The lowest BCUT2D eigenvalue weighted by molar-refractivity contribution is -0.150. The van der Waals surface area contributed by atoms with Gasteiger partial charge in [-0.3, -0.25) is 4.79 Å². The molecule has 1 fully saturated rings. The number of rotatable bonds is 5. The van der Waals surface area contributed by atoms with Crippen molar-refractivity contribution in [2.75, 3.05) is 20.3 Å². The third-order valence-electron chi connectivity index (χ3n) is 4.99. The Hall–Kier alpha value is -2.16. The highest BCUT2D eigenvalue weighted by atomic mass is 16.5. The van der Waals surface area contributed by atoms with Crippen LogP contribution < -0.4 is 0 Å². The number of ether oxygens (including phenoxy) is 1. The molecular formula is C19H22N2O3. The van der Waals surface area contributed by atoms with E-state index in [1.54, 1.807) is 0 Å². The minimum atomic E-state index is -0.562. The van der Waals surface area contributed by atoms with Gasteiger partial charge in [-0.05, 0) is 36.0 Å². The van der Waals surface area contributed by atoms with Crippen molar-refractivity contribution in [3.8, 4) is 6.07 Å². The quantitative estimate of drug-likeness (QED) is 0.899. The van der Waals surface area contributed by atoms with Gasteiger partial charge in [0.1, 0.15) is 12.6 Å². The summed E-state index contributed by atoms with van der Waals surface area (Å²) in [6.07, 6.45) is 5.52. The Balaban J connectivity index is 1.95. The van der Waals surface area contributed by atoms with Crippen molar-refractivity contribution in [3.63, 3.8) is 0 Å². The van der Waals surface area contributed by atoms with Gasteiger partial charge < -0.3 is 14.7 Å². The largest absolute Gasteiger partial charge is 0.394 e. The van der Waals surface area contributed by atoms with E-state index in [-0.39, 0.29) is 31.1 Å². The summed E-state index contributed by atoms with van der Waals surface area (Å²) >= 11 is 0. The fourth-order valence-corrected chi connectivity index (χ4v) is 3.92. The van der Waals surface area contributed by atoms with Crippen LogP contribution >= 0.6 is 0 Å². The van der Waals surface area contributed by atoms with Crippen LogP contribution in [-0.2, 0) is 9.53 Å². The Morgan fingerprint density at radius 2 is 2.25 bits per heavy atom. The third kappa shape index (κ3) is 2.72. The van der Waals surface area contributed by atoms with Gasteiger partial charge in [0.25, 0.3) is 0 Å². The molecule has 3 atom stereocenters. The normalized spacial score (nSPS) is 25.8. The molecule has 0 spiro atoms. The molecular weight excluding hydrogens is 304 g/mol. The molecule has 1 N–H and O–H groups in total. The van der Waals surface area contributed by atoms with Crippen molar-refractivity contribution in [3.05, 3.63) is 41.5 Å². The second-order valence-electron chi connectivity index (χ2n) is 6.29. The Bertz CT molecular complexity index is 692. The van der Waals surface area contributed by atoms with Crippen LogP contribution in [0, 0.1) is 11.3 Å². The maximum atomic E-state index is 12.2. The highest BCUT2D eigenvalue weighted by molar-refractivity contribution is 5.81. The predicted octanol–water partition coefficient (Wildman–Crippen LogP) is 2.08. The Labute approximate surface area is 142 Å². The van der Waals surface area contributed by atoms with Crippen molar-refractivity contribution >= 4 is 11.5 Å². The number of amides is 1. The Morgan fingerprint density at radius 1 is 1.46 bits per heavy atom. The number of methoxy groups -OCH3 is 1. The number of aliphatic hydroxyl groups excluding tert-OH is 1. The lowest BCUT2D eigenvalue weighted by atomic mass is 9.73. The molecule has 5 nitrogen and oxygen atoms in total. The molecule has 0 unspecified atom stereocenters. The van der Waals surface area contributed by atoms with E-state index in [0.717, 1.165) is 30.4 Å². The fraction of sp³-hybridized carbons (Fsp3) is 0.474. The Morgan fingerprint density at radius 3 is 2.88 bits per heavy atom. The van der Waals surface area contributed by atoms with Crippen molar-refractivity contribution in [1.82, 2.24) is 4.90 Å². The summed E-state index contributed by atoms with van der Waals surface area (Å²) in [5.41, 5.74) is 3.51. The van der Waals surface area contributed by atoms with E-state index in [1.807, 2.05) is 18.2 Å². The van der Waals surface area contributed by atoms with E-state index < -0.39 is 6.04 Å². The summed E-state index contributed by atoms with van der Waals surface area (Å²) in [4.78, 5) is 13.7. The van der Waals surface area contributed by atoms with Crippen LogP contribution in [0.5, 0.6) is 0 Å². The van der Waals surface area contributed by atoms with E-state index in [4.69, 9.17) is 4.74 Å². The molecule has 0 saturated carbocycles. The van der Waals surface area contributed by atoms with Gasteiger partial charge in [0.2, 0.25) is 5.91 Å². The number of nitriles is 1. The lowest BCUT2D eigenvalue weighted by Gasteiger charge is -2.52. The molecule has 1 aromatic rings. The summed E-state index contributed by atoms with van der Waals surface area (Å²) in [5, 5.41) is 19.4. The number of aliphatic hydroxyl groups is 1. The van der Waals surface area contributed by atoms with E-state index in [1.165, 1.54) is 17.6 Å². The minimum absolute atomic E-state index is 0.0752. The van der Waals surface area contributed by atoms with Gasteiger partial charge in [-0.15, -0.1) is 0 Å². The molecule has 0 aromatic heterocycles. The summed E-state index contributed by atoms with van der Waals surface area (Å²) in [5.74, 6) is -0.421. The summed E-state index contributed by atoms with van der Waals surface area (Å²) in [6.45, 7) is -0.236. The van der Waals surface area contributed by atoms with E-state index >= 15 is 0 Å². The van der Waals surface area contributed by atoms with Crippen LogP contribution in [0.3, 0.4) is 0 Å². The Kier molecular flexibility index (Phi) is 4.98. The molecule has 1 aliphatic carbocycles. The number of nitrogens with zero attached hydrogens (tertiary/aromatic N) is 2. The molecule has 0 bridgehead atoms. The average Bonchev–Trinajstić information content (AvgIpc) is 3.10. The summed E-state index contributed by atoms with van der Waals surface area (Å²) in [7, 11) is 1.45. The number of benzene rings is 1. The van der Waals surface area contributed by atoms with Gasteiger partial charge in [-0.2, -0.15) is 5.26 Å². The topological polar surface area (TPSA) is 73.6 Å². The van der Waals surface area contributed by atoms with Gasteiger partial charge in [0.05, 0.1) is 18.7 Å². The molecule has 5 heteroatoms. The zero-order chi connectivity index (χ0) is 17.1. The minimum Gasteiger partial charge on any atom is -0.394 e. The molecule has 0 radical (unpaired) electrons. The molecule has 1 aromatic carbocycles. The number of hydrogen-bond acceptors (Lipinski definition) is 4. The zero-order valence-electron chi connectivity index (χ0n) is 13.8. The van der Waals surface area contributed by atoms with Gasteiger partial charge >= 0.3 is 0 Å². The van der Waals surface area contributed by atoms with E-state index in [9.17, 15) is 15.2 Å². The average molecular weight is 326 g/mol. The maximum Gasteiger partial charge on any atom is 0.249 e. The smallest absolute Gasteiger partial charge is 0.249 e. The SMILES string of the molecule is COCC(=O)N1[C@H](C#N)[C@H](c2ccccc2C2=CCCC2)[C@H]1CO. The summed E-state index contributed by atoms with van der Waals surface area (Å²) in [6, 6.07) is 9.36. The fourth-order valence-electron chi connectivity index (χ4n) is 3.92. The van der Waals surface area contributed by atoms with Crippen LogP contribution in [0.2, 0.25) is 0 Å². The molecule has 126 valence electrons. The number of allylic oxidation sites excluding steroid dienone is 2. The van der Waals surface area contributed by atoms with E-state index in [2.05, 4.69) is 18.2 Å². The first-order valence-electron chi connectivity index (χ1n) is 8.31.